The molecule has 0 aliphatic carbocycles. The molecule has 0 radical (unpaired) electrons. The van der Waals surface area contributed by atoms with E-state index in [9.17, 15) is 19.1 Å². The molecule has 3 aliphatic heterocycles. The number of amides is 1. The summed E-state index contributed by atoms with van der Waals surface area (Å²) >= 11 is 0. The maximum atomic E-state index is 14.8. The Bertz CT molecular complexity index is 1090. The van der Waals surface area contributed by atoms with Crippen molar-refractivity contribution in [1.82, 2.24) is 4.90 Å². The van der Waals surface area contributed by atoms with Crippen molar-refractivity contribution in [3.8, 4) is 11.5 Å². The van der Waals surface area contributed by atoms with Crippen molar-refractivity contribution in [2.75, 3.05) is 19.9 Å². The first-order chi connectivity index (χ1) is 15.0. The average Bonchev–Trinajstić information content (AvgIpc) is 3.50. The molecular formula is C23H20FNO6. The molecule has 7 nitrogen and oxygen atoms in total. The highest BCUT2D eigenvalue weighted by Gasteiger charge is 2.47. The summed E-state index contributed by atoms with van der Waals surface area (Å²) in [6.45, 7) is 0.776. The number of fused-ring (bicyclic) bond motifs is 1. The number of Topliss-reactive ketones (excluding diaryl/α,β-unsaturated/α-hetero) is 1. The molecule has 2 saturated heterocycles. The van der Waals surface area contributed by atoms with Crippen molar-refractivity contribution in [1.29, 1.82) is 0 Å². The number of rotatable bonds is 4. The number of benzene rings is 2. The van der Waals surface area contributed by atoms with Gasteiger partial charge in [-0.2, -0.15) is 0 Å². The summed E-state index contributed by atoms with van der Waals surface area (Å²) in [6, 6.07) is 9.59. The minimum atomic E-state index is -1.06. The summed E-state index contributed by atoms with van der Waals surface area (Å²) in [5.41, 5.74) is 0.259. The van der Waals surface area contributed by atoms with Crippen molar-refractivity contribution >= 4 is 17.4 Å². The highest BCUT2D eigenvalue weighted by Crippen LogP contribution is 2.42. The van der Waals surface area contributed by atoms with Crippen molar-refractivity contribution < 1.29 is 33.3 Å². The lowest BCUT2D eigenvalue weighted by molar-refractivity contribution is -0.140. The molecule has 0 bridgehead atoms. The molecule has 2 atom stereocenters. The minimum absolute atomic E-state index is 0.0561. The second-order valence-electron chi connectivity index (χ2n) is 7.68. The Morgan fingerprint density at radius 2 is 1.94 bits per heavy atom. The van der Waals surface area contributed by atoms with Gasteiger partial charge in [0.2, 0.25) is 6.79 Å². The van der Waals surface area contributed by atoms with Crippen LogP contribution in [-0.4, -0.2) is 47.7 Å². The van der Waals surface area contributed by atoms with Crippen LogP contribution in [0.4, 0.5) is 4.39 Å². The zero-order valence-electron chi connectivity index (χ0n) is 16.5. The fraction of sp³-hybridized carbons (Fsp3) is 0.304. The Labute approximate surface area is 177 Å². The number of carbonyl (C=O) groups is 2. The standard InChI is InChI=1S/C23H20FNO6/c24-16-6-2-1-5-15(16)20-19(21(26)13-7-8-17-18(10-13)31-12-30-17)22(27)23(28)25(20)11-14-4-3-9-29-14/h1-2,5-8,10,14,20,26H,3-4,9,11-12H2/b21-19+. The number of carbonyl (C=O) groups excluding carboxylic acids is 2. The summed E-state index contributed by atoms with van der Waals surface area (Å²) in [5, 5.41) is 11.1. The molecule has 1 N–H and O–H groups in total. The Morgan fingerprint density at radius 1 is 1.13 bits per heavy atom. The summed E-state index contributed by atoms with van der Waals surface area (Å²) in [4.78, 5) is 27.2. The molecule has 3 heterocycles. The number of likely N-dealkylation sites (tertiary alicyclic amines) is 1. The molecule has 8 heteroatoms. The van der Waals surface area contributed by atoms with Crippen LogP contribution in [-0.2, 0) is 14.3 Å². The second kappa shape index (κ2) is 7.70. The zero-order valence-corrected chi connectivity index (χ0v) is 16.5. The zero-order chi connectivity index (χ0) is 21.5. The van der Waals surface area contributed by atoms with Crippen LogP contribution in [0.2, 0.25) is 0 Å². The monoisotopic (exact) mass is 425 g/mol. The van der Waals surface area contributed by atoms with E-state index in [0.717, 1.165) is 12.8 Å². The van der Waals surface area contributed by atoms with Crippen molar-refractivity contribution in [3.05, 3.63) is 65.0 Å². The molecule has 0 aromatic heterocycles. The molecule has 160 valence electrons. The van der Waals surface area contributed by atoms with E-state index in [1.165, 1.54) is 29.2 Å². The normalized spacial score (nSPS) is 24.2. The Morgan fingerprint density at radius 3 is 2.71 bits per heavy atom. The lowest BCUT2D eigenvalue weighted by Gasteiger charge is -2.27. The van der Waals surface area contributed by atoms with Gasteiger partial charge in [-0.05, 0) is 37.1 Å². The van der Waals surface area contributed by atoms with Crippen LogP contribution < -0.4 is 9.47 Å². The first-order valence-electron chi connectivity index (χ1n) is 10.1. The van der Waals surface area contributed by atoms with E-state index in [2.05, 4.69) is 0 Å². The third-order valence-electron chi connectivity index (χ3n) is 5.81. The lowest BCUT2D eigenvalue weighted by Crippen LogP contribution is -2.36. The van der Waals surface area contributed by atoms with Crippen LogP contribution in [0.5, 0.6) is 11.5 Å². The average molecular weight is 425 g/mol. The van der Waals surface area contributed by atoms with Crippen LogP contribution in [0.3, 0.4) is 0 Å². The molecule has 2 unspecified atom stereocenters. The highest BCUT2D eigenvalue weighted by molar-refractivity contribution is 6.46. The fourth-order valence-corrected chi connectivity index (χ4v) is 4.30. The molecule has 5 rings (SSSR count). The maximum Gasteiger partial charge on any atom is 0.295 e. The van der Waals surface area contributed by atoms with Crippen LogP contribution >= 0.6 is 0 Å². The number of ketones is 1. The van der Waals surface area contributed by atoms with Gasteiger partial charge in [0.15, 0.2) is 11.5 Å². The van der Waals surface area contributed by atoms with E-state index in [-0.39, 0.29) is 41.9 Å². The maximum absolute atomic E-state index is 14.8. The van der Waals surface area contributed by atoms with Gasteiger partial charge in [-0.25, -0.2) is 4.39 Å². The van der Waals surface area contributed by atoms with E-state index < -0.39 is 23.5 Å². The van der Waals surface area contributed by atoms with E-state index in [1.54, 1.807) is 18.2 Å². The van der Waals surface area contributed by atoms with E-state index in [0.29, 0.717) is 18.1 Å². The van der Waals surface area contributed by atoms with Crippen LogP contribution in [0, 0.1) is 5.82 Å². The molecule has 2 fully saturated rings. The summed E-state index contributed by atoms with van der Waals surface area (Å²) in [6.07, 6.45) is 1.36. The lowest BCUT2D eigenvalue weighted by atomic mass is 9.94. The minimum Gasteiger partial charge on any atom is -0.507 e. The van der Waals surface area contributed by atoms with Gasteiger partial charge in [0.25, 0.3) is 11.7 Å². The Hall–Kier alpha value is -3.39. The van der Waals surface area contributed by atoms with E-state index >= 15 is 0 Å². The first-order valence-corrected chi connectivity index (χ1v) is 10.1. The molecular weight excluding hydrogens is 405 g/mol. The smallest absolute Gasteiger partial charge is 0.295 e. The van der Waals surface area contributed by atoms with Gasteiger partial charge in [-0.15, -0.1) is 0 Å². The van der Waals surface area contributed by atoms with Gasteiger partial charge in [-0.3, -0.25) is 9.59 Å². The van der Waals surface area contributed by atoms with Crippen molar-refractivity contribution in [2.45, 2.75) is 25.0 Å². The van der Waals surface area contributed by atoms with Gasteiger partial charge in [-0.1, -0.05) is 18.2 Å². The fourth-order valence-electron chi connectivity index (χ4n) is 4.30. The van der Waals surface area contributed by atoms with Gasteiger partial charge < -0.3 is 24.2 Å². The van der Waals surface area contributed by atoms with E-state index in [4.69, 9.17) is 14.2 Å². The molecule has 3 aliphatic rings. The van der Waals surface area contributed by atoms with Crippen molar-refractivity contribution in [3.63, 3.8) is 0 Å². The van der Waals surface area contributed by atoms with Gasteiger partial charge in [0.1, 0.15) is 11.6 Å². The molecule has 0 saturated carbocycles. The Balaban J connectivity index is 1.63. The third-order valence-corrected chi connectivity index (χ3v) is 5.81. The molecule has 2 aromatic carbocycles. The first kappa shape index (κ1) is 19.6. The predicted octanol–water partition coefficient (Wildman–Crippen LogP) is 3.16. The van der Waals surface area contributed by atoms with Crippen LogP contribution in [0.1, 0.15) is 30.0 Å². The van der Waals surface area contributed by atoms with Crippen LogP contribution in [0.15, 0.2) is 48.0 Å². The number of aliphatic hydroxyl groups is 1. The van der Waals surface area contributed by atoms with Gasteiger partial charge in [0, 0.05) is 24.3 Å². The quantitative estimate of drug-likeness (QED) is 0.460. The summed E-state index contributed by atoms with van der Waals surface area (Å²) in [5.74, 6) is -1.67. The predicted molar refractivity (Wildman–Crippen MR) is 107 cm³/mol. The van der Waals surface area contributed by atoms with E-state index in [1.807, 2.05) is 0 Å². The summed E-state index contributed by atoms with van der Waals surface area (Å²) < 4.78 is 31.0. The second-order valence-corrected chi connectivity index (χ2v) is 7.68. The largest absolute Gasteiger partial charge is 0.507 e. The topological polar surface area (TPSA) is 85.3 Å². The Kier molecular flexibility index (Phi) is 4.86. The van der Waals surface area contributed by atoms with Gasteiger partial charge in [0.05, 0.1) is 17.7 Å². The number of hydrogen-bond acceptors (Lipinski definition) is 6. The number of hydrogen-bond donors (Lipinski definition) is 1. The molecule has 1 amide bonds. The van der Waals surface area contributed by atoms with Gasteiger partial charge >= 0.3 is 0 Å². The van der Waals surface area contributed by atoms with Crippen LogP contribution in [0.25, 0.3) is 5.76 Å². The number of nitrogens with zero attached hydrogens (tertiary/aromatic N) is 1. The van der Waals surface area contributed by atoms with Crippen molar-refractivity contribution in [2.24, 2.45) is 0 Å². The number of aliphatic hydroxyl groups excluding tert-OH is 1. The summed E-state index contributed by atoms with van der Waals surface area (Å²) in [7, 11) is 0. The molecule has 31 heavy (non-hydrogen) atoms. The third kappa shape index (κ3) is 3.33. The number of halogens is 1. The SMILES string of the molecule is O=C1C(=O)N(CC2CCCO2)C(c2ccccc2F)/C1=C(\O)c1ccc2c(c1)OCO2. The molecule has 0 spiro atoms. The number of ether oxygens (including phenoxy) is 3. The highest BCUT2D eigenvalue weighted by atomic mass is 19.1. The molecule has 2 aromatic rings.